The second-order valence-electron chi connectivity index (χ2n) is 4.22. The quantitative estimate of drug-likeness (QED) is 0.859. The first-order valence-corrected chi connectivity index (χ1v) is 7.05. The van der Waals surface area contributed by atoms with Crippen molar-refractivity contribution >= 4 is 23.2 Å². The second-order valence-corrected chi connectivity index (χ2v) is 5.16. The zero-order valence-corrected chi connectivity index (χ0v) is 11.9. The topological polar surface area (TPSA) is 55.4 Å². The molecule has 1 N–H and O–H groups in total. The Balaban J connectivity index is 2.08. The van der Waals surface area contributed by atoms with Crippen molar-refractivity contribution in [2.75, 3.05) is 7.11 Å². The molecule has 2 rings (SSSR count). The van der Waals surface area contributed by atoms with Crippen LogP contribution >= 0.6 is 11.3 Å². The highest BCUT2D eigenvalue weighted by atomic mass is 32.1. The summed E-state index contributed by atoms with van der Waals surface area (Å²) in [4.78, 5) is 24.4. The molecule has 0 radical (unpaired) electrons. The number of amides is 1. The molecule has 1 aromatic carbocycles. The highest BCUT2D eigenvalue weighted by Gasteiger charge is 2.22. The standard InChI is InChI=1S/C15H15NO3S/c1-19-15(18)12(10-11-6-3-2-4-7-11)16-14(17)13-8-5-9-20-13/h2-9,12H,10H2,1H3,(H,16,17)/t12-/m1/s1. The summed E-state index contributed by atoms with van der Waals surface area (Å²) in [6, 6.07) is 12.3. The number of carbonyl (C=O) groups is 2. The third kappa shape index (κ3) is 3.68. The largest absolute Gasteiger partial charge is 0.467 e. The van der Waals surface area contributed by atoms with Gasteiger partial charge in [0, 0.05) is 6.42 Å². The summed E-state index contributed by atoms with van der Waals surface area (Å²) in [7, 11) is 1.32. The van der Waals surface area contributed by atoms with E-state index >= 15 is 0 Å². The zero-order chi connectivity index (χ0) is 14.4. The van der Waals surface area contributed by atoms with Crippen molar-refractivity contribution < 1.29 is 14.3 Å². The molecule has 1 amide bonds. The number of hydrogen-bond acceptors (Lipinski definition) is 4. The average molecular weight is 289 g/mol. The highest BCUT2D eigenvalue weighted by molar-refractivity contribution is 7.12. The number of thiophene rings is 1. The predicted octanol–water partition coefficient (Wildman–Crippen LogP) is 2.26. The van der Waals surface area contributed by atoms with E-state index in [0.717, 1.165) is 5.56 Å². The molecule has 0 fully saturated rings. The maximum Gasteiger partial charge on any atom is 0.328 e. The molecule has 104 valence electrons. The van der Waals surface area contributed by atoms with Crippen LogP contribution in [0.5, 0.6) is 0 Å². The fourth-order valence-corrected chi connectivity index (χ4v) is 2.45. The number of benzene rings is 1. The van der Waals surface area contributed by atoms with E-state index in [1.807, 2.05) is 35.7 Å². The molecule has 0 bridgehead atoms. The maximum absolute atomic E-state index is 12.0. The van der Waals surface area contributed by atoms with Gasteiger partial charge in [-0.2, -0.15) is 0 Å². The van der Waals surface area contributed by atoms with Gasteiger partial charge in [0.05, 0.1) is 12.0 Å². The van der Waals surface area contributed by atoms with E-state index in [4.69, 9.17) is 4.74 Å². The van der Waals surface area contributed by atoms with Crippen LogP contribution in [-0.4, -0.2) is 25.0 Å². The lowest BCUT2D eigenvalue weighted by Gasteiger charge is -2.16. The molecule has 4 nitrogen and oxygen atoms in total. The fourth-order valence-electron chi connectivity index (χ4n) is 1.82. The molecule has 0 aliphatic heterocycles. The lowest BCUT2D eigenvalue weighted by molar-refractivity contribution is -0.142. The van der Waals surface area contributed by atoms with E-state index in [-0.39, 0.29) is 5.91 Å². The molecular weight excluding hydrogens is 274 g/mol. The van der Waals surface area contributed by atoms with Gasteiger partial charge in [0.2, 0.25) is 0 Å². The van der Waals surface area contributed by atoms with Gasteiger partial charge in [-0.1, -0.05) is 36.4 Å². The van der Waals surface area contributed by atoms with Gasteiger partial charge >= 0.3 is 5.97 Å². The Morgan fingerprint density at radius 3 is 2.55 bits per heavy atom. The number of ether oxygens (including phenoxy) is 1. The van der Waals surface area contributed by atoms with E-state index in [1.54, 1.807) is 12.1 Å². The van der Waals surface area contributed by atoms with Crippen LogP contribution in [0.3, 0.4) is 0 Å². The molecule has 0 unspecified atom stereocenters. The van der Waals surface area contributed by atoms with Crippen LogP contribution in [0.2, 0.25) is 0 Å². The predicted molar refractivity (Wildman–Crippen MR) is 77.7 cm³/mol. The van der Waals surface area contributed by atoms with Crippen molar-refractivity contribution in [3.05, 3.63) is 58.3 Å². The van der Waals surface area contributed by atoms with Crippen LogP contribution in [0.1, 0.15) is 15.2 Å². The Labute approximate surface area is 121 Å². The Kier molecular flexibility index (Phi) is 4.90. The number of methoxy groups -OCH3 is 1. The number of nitrogens with one attached hydrogen (secondary N) is 1. The van der Waals surface area contributed by atoms with Crippen LogP contribution in [0.4, 0.5) is 0 Å². The van der Waals surface area contributed by atoms with Crippen molar-refractivity contribution in [1.82, 2.24) is 5.32 Å². The van der Waals surface area contributed by atoms with Crippen molar-refractivity contribution in [2.24, 2.45) is 0 Å². The van der Waals surface area contributed by atoms with E-state index in [9.17, 15) is 9.59 Å². The lowest BCUT2D eigenvalue weighted by Crippen LogP contribution is -2.42. The van der Waals surface area contributed by atoms with Crippen molar-refractivity contribution in [3.63, 3.8) is 0 Å². The molecule has 20 heavy (non-hydrogen) atoms. The summed E-state index contributed by atoms with van der Waals surface area (Å²) in [5, 5.41) is 4.53. The molecule has 0 spiro atoms. The summed E-state index contributed by atoms with van der Waals surface area (Å²) in [5.41, 5.74) is 0.967. The van der Waals surface area contributed by atoms with Gasteiger partial charge in [0.15, 0.2) is 0 Å². The first-order chi connectivity index (χ1) is 9.70. The third-order valence-corrected chi connectivity index (χ3v) is 3.69. The number of hydrogen-bond donors (Lipinski definition) is 1. The van der Waals surface area contributed by atoms with E-state index < -0.39 is 12.0 Å². The summed E-state index contributed by atoms with van der Waals surface area (Å²) >= 11 is 1.33. The van der Waals surface area contributed by atoms with Crippen LogP contribution in [0.25, 0.3) is 0 Å². The molecule has 1 aromatic heterocycles. The van der Waals surface area contributed by atoms with Crippen molar-refractivity contribution in [3.8, 4) is 0 Å². The number of carbonyl (C=O) groups excluding carboxylic acids is 2. The lowest BCUT2D eigenvalue weighted by atomic mass is 10.1. The van der Waals surface area contributed by atoms with Gasteiger partial charge in [-0.3, -0.25) is 4.79 Å². The minimum absolute atomic E-state index is 0.258. The summed E-state index contributed by atoms with van der Waals surface area (Å²) in [6.45, 7) is 0. The minimum atomic E-state index is -0.683. The summed E-state index contributed by atoms with van der Waals surface area (Å²) in [5.74, 6) is -0.704. The van der Waals surface area contributed by atoms with Crippen LogP contribution < -0.4 is 5.32 Å². The molecule has 1 heterocycles. The zero-order valence-electron chi connectivity index (χ0n) is 11.0. The fraction of sp³-hybridized carbons (Fsp3) is 0.200. The Bertz CT molecular complexity index is 566. The second kappa shape index (κ2) is 6.86. The number of rotatable bonds is 5. The molecule has 0 aliphatic rings. The van der Waals surface area contributed by atoms with Gasteiger partial charge in [0.1, 0.15) is 6.04 Å². The molecular formula is C15H15NO3S. The molecule has 5 heteroatoms. The van der Waals surface area contributed by atoms with E-state index in [2.05, 4.69) is 5.32 Å². The summed E-state index contributed by atoms with van der Waals surface area (Å²) < 4.78 is 4.75. The van der Waals surface area contributed by atoms with Crippen LogP contribution in [0, 0.1) is 0 Å². The molecule has 2 aromatic rings. The Morgan fingerprint density at radius 1 is 1.20 bits per heavy atom. The molecule has 1 atom stereocenters. The van der Waals surface area contributed by atoms with Gasteiger partial charge in [-0.15, -0.1) is 11.3 Å². The first-order valence-electron chi connectivity index (χ1n) is 6.17. The Morgan fingerprint density at radius 2 is 1.95 bits per heavy atom. The Hall–Kier alpha value is -2.14. The molecule has 0 saturated heterocycles. The van der Waals surface area contributed by atoms with E-state index in [1.165, 1.54) is 18.4 Å². The highest BCUT2D eigenvalue weighted by Crippen LogP contribution is 2.10. The first kappa shape index (κ1) is 14.3. The number of esters is 1. The van der Waals surface area contributed by atoms with Gasteiger partial charge in [0.25, 0.3) is 5.91 Å². The average Bonchev–Trinajstić information content (AvgIpc) is 3.01. The normalized spacial score (nSPS) is 11.7. The SMILES string of the molecule is COC(=O)[C@@H](Cc1ccccc1)NC(=O)c1cccs1. The third-order valence-electron chi connectivity index (χ3n) is 2.82. The molecule has 0 saturated carbocycles. The van der Waals surface area contributed by atoms with Gasteiger partial charge in [-0.25, -0.2) is 4.79 Å². The van der Waals surface area contributed by atoms with Gasteiger partial charge < -0.3 is 10.1 Å². The minimum Gasteiger partial charge on any atom is -0.467 e. The van der Waals surface area contributed by atoms with E-state index in [0.29, 0.717) is 11.3 Å². The van der Waals surface area contributed by atoms with Crippen molar-refractivity contribution in [2.45, 2.75) is 12.5 Å². The smallest absolute Gasteiger partial charge is 0.328 e. The van der Waals surface area contributed by atoms with Gasteiger partial charge in [-0.05, 0) is 17.0 Å². The molecule has 0 aliphatic carbocycles. The van der Waals surface area contributed by atoms with Crippen LogP contribution in [0.15, 0.2) is 47.8 Å². The van der Waals surface area contributed by atoms with Crippen LogP contribution in [-0.2, 0) is 16.0 Å². The van der Waals surface area contributed by atoms with Crippen molar-refractivity contribution in [1.29, 1.82) is 0 Å². The summed E-state index contributed by atoms with van der Waals surface area (Å²) in [6.07, 6.45) is 0.407. The monoisotopic (exact) mass is 289 g/mol. The maximum atomic E-state index is 12.0.